The van der Waals surface area contributed by atoms with Crippen molar-refractivity contribution in [1.82, 2.24) is 30.3 Å². The third kappa shape index (κ3) is 4.86. The quantitative estimate of drug-likeness (QED) is 0.799. The lowest BCUT2D eigenvalue weighted by molar-refractivity contribution is 0.191. The van der Waals surface area contributed by atoms with Crippen molar-refractivity contribution in [3.05, 3.63) is 11.6 Å². The van der Waals surface area contributed by atoms with Gasteiger partial charge in [0.15, 0.2) is 5.82 Å². The molecule has 0 aliphatic heterocycles. The number of aromatic amines is 1. The molecule has 1 atom stereocenters. The van der Waals surface area contributed by atoms with E-state index in [1.165, 1.54) is 0 Å². The van der Waals surface area contributed by atoms with Crippen LogP contribution in [0.2, 0.25) is 0 Å². The van der Waals surface area contributed by atoms with Crippen LogP contribution in [-0.4, -0.2) is 64.7 Å². The first-order chi connectivity index (χ1) is 8.93. The van der Waals surface area contributed by atoms with E-state index in [1.54, 1.807) is 4.90 Å². The van der Waals surface area contributed by atoms with Gasteiger partial charge in [0.25, 0.3) is 0 Å². The number of nitrogens with zero attached hydrogens (tertiary/aromatic N) is 4. The number of hydrogen-bond donors (Lipinski definition) is 2. The first kappa shape index (κ1) is 15.4. The van der Waals surface area contributed by atoms with Crippen molar-refractivity contribution in [1.29, 1.82) is 0 Å². The van der Waals surface area contributed by atoms with Gasteiger partial charge in [0.1, 0.15) is 5.82 Å². The van der Waals surface area contributed by atoms with Crippen LogP contribution in [0.4, 0.5) is 4.79 Å². The van der Waals surface area contributed by atoms with Crippen molar-refractivity contribution >= 4 is 6.03 Å². The molecule has 0 aliphatic rings. The maximum Gasteiger partial charge on any atom is 0.318 e. The second-order valence-electron chi connectivity index (χ2n) is 4.83. The molecule has 0 saturated heterocycles. The number of carbonyl (C=O) groups is 1. The van der Waals surface area contributed by atoms with Gasteiger partial charge in [-0.3, -0.25) is 5.10 Å². The average Bonchev–Trinajstić information content (AvgIpc) is 2.76. The summed E-state index contributed by atoms with van der Waals surface area (Å²) in [5.74, 6) is 1.35. The van der Waals surface area contributed by atoms with Gasteiger partial charge < -0.3 is 15.1 Å². The highest BCUT2D eigenvalue weighted by atomic mass is 16.2. The molecule has 1 heterocycles. The van der Waals surface area contributed by atoms with Crippen LogP contribution in [0.5, 0.6) is 0 Å². The smallest absolute Gasteiger partial charge is 0.318 e. The molecule has 1 aromatic heterocycles. The molecule has 7 heteroatoms. The van der Waals surface area contributed by atoms with E-state index in [2.05, 4.69) is 25.4 Å². The molecule has 108 valence electrons. The number of nitrogens with one attached hydrogen (secondary N) is 2. The van der Waals surface area contributed by atoms with Gasteiger partial charge in [-0.2, -0.15) is 5.10 Å². The zero-order chi connectivity index (χ0) is 14.4. The Bertz CT molecular complexity index is 403. The molecular formula is C12H24N6O. The zero-order valence-electron chi connectivity index (χ0n) is 12.4. The first-order valence-corrected chi connectivity index (χ1v) is 6.53. The lowest BCUT2D eigenvalue weighted by Crippen LogP contribution is -2.43. The van der Waals surface area contributed by atoms with E-state index in [0.29, 0.717) is 18.9 Å². The molecule has 2 N–H and O–H groups in total. The van der Waals surface area contributed by atoms with Gasteiger partial charge in [-0.25, -0.2) is 9.78 Å². The predicted molar refractivity (Wildman–Crippen MR) is 73.9 cm³/mol. The number of carbonyl (C=O) groups excluding carboxylic acids is 1. The molecule has 2 amide bonds. The van der Waals surface area contributed by atoms with Gasteiger partial charge in [0.05, 0.1) is 6.04 Å². The third-order valence-electron chi connectivity index (χ3n) is 2.83. The fourth-order valence-electron chi connectivity index (χ4n) is 1.62. The highest BCUT2D eigenvalue weighted by Crippen LogP contribution is 2.06. The highest BCUT2D eigenvalue weighted by molar-refractivity contribution is 5.74. The Hall–Kier alpha value is -1.63. The minimum absolute atomic E-state index is 0.0840. The van der Waals surface area contributed by atoms with Gasteiger partial charge in [-0.15, -0.1) is 0 Å². The Labute approximate surface area is 114 Å². The molecule has 0 bridgehead atoms. The summed E-state index contributed by atoms with van der Waals surface area (Å²) >= 11 is 0. The molecule has 0 aliphatic carbocycles. The van der Waals surface area contributed by atoms with Gasteiger partial charge in [-0.05, 0) is 34.9 Å². The van der Waals surface area contributed by atoms with E-state index in [9.17, 15) is 4.79 Å². The second kappa shape index (κ2) is 7.08. The molecule has 0 aromatic carbocycles. The van der Waals surface area contributed by atoms with Crippen molar-refractivity contribution in [3.63, 3.8) is 0 Å². The summed E-state index contributed by atoms with van der Waals surface area (Å²) in [6.45, 7) is 7.90. The number of aryl methyl sites for hydroxylation is 1. The average molecular weight is 268 g/mol. The Morgan fingerprint density at radius 3 is 2.58 bits per heavy atom. The van der Waals surface area contributed by atoms with E-state index < -0.39 is 0 Å². The number of aromatic nitrogens is 3. The summed E-state index contributed by atoms with van der Waals surface area (Å²) in [4.78, 5) is 20.2. The van der Waals surface area contributed by atoms with Crippen molar-refractivity contribution in [3.8, 4) is 0 Å². The normalized spacial score (nSPS) is 12.5. The van der Waals surface area contributed by atoms with Gasteiger partial charge in [-0.1, -0.05) is 0 Å². The van der Waals surface area contributed by atoms with Crippen LogP contribution in [0.25, 0.3) is 0 Å². The summed E-state index contributed by atoms with van der Waals surface area (Å²) in [7, 11) is 3.98. The number of amides is 2. The molecule has 0 spiro atoms. The molecule has 0 saturated carbocycles. The predicted octanol–water partition coefficient (Wildman–Crippen LogP) is 0.767. The number of H-pyrrole nitrogens is 1. The molecule has 1 aromatic rings. The number of rotatable bonds is 6. The molecular weight excluding hydrogens is 244 g/mol. The SMILES string of the molecule is CCN(CCN(C)C)C(=O)N[C@H](C)c1n[nH]c(C)n1. The number of urea groups is 1. The van der Waals surface area contributed by atoms with Crippen LogP contribution in [0.1, 0.15) is 31.5 Å². The lowest BCUT2D eigenvalue weighted by atomic mass is 10.3. The van der Waals surface area contributed by atoms with E-state index >= 15 is 0 Å². The van der Waals surface area contributed by atoms with E-state index in [-0.39, 0.29) is 12.1 Å². The first-order valence-electron chi connectivity index (χ1n) is 6.53. The maximum atomic E-state index is 12.1. The van der Waals surface area contributed by atoms with Crippen LogP contribution in [0.15, 0.2) is 0 Å². The zero-order valence-corrected chi connectivity index (χ0v) is 12.4. The van der Waals surface area contributed by atoms with Gasteiger partial charge in [0.2, 0.25) is 0 Å². The minimum atomic E-state index is -0.203. The Kier molecular flexibility index (Phi) is 5.75. The largest absolute Gasteiger partial charge is 0.328 e. The van der Waals surface area contributed by atoms with Crippen LogP contribution >= 0.6 is 0 Å². The molecule has 19 heavy (non-hydrogen) atoms. The minimum Gasteiger partial charge on any atom is -0.328 e. The summed E-state index contributed by atoms with van der Waals surface area (Å²) < 4.78 is 0. The van der Waals surface area contributed by atoms with Crippen molar-refractivity contribution in [2.45, 2.75) is 26.8 Å². The van der Waals surface area contributed by atoms with Crippen LogP contribution in [0.3, 0.4) is 0 Å². The van der Waals surface area contributed by atoms with Crippen molar-refractivity contribution < 1.29 is 4.79 Å². The van der Waals surface area contributed by atoms with Crippen LogP contribution in [0, 0.1) is 6.92 Å². The van der Waals surface area contributed by atoms with Crippen molar-refractivity contribution in [2.24, 2.45) is 0 Å². The fraction of sp³-hybridized carbons (Fsp3) is 0.750. The fourth-order valence-corrected chi connectivity index (χ4v) is 1.62. The Balaban J connectivity index is 2.52. The summed E-state index contributed by atoms with van der Waals surface area (Å²) in [6.07, 6.45) is 0. The van der Waals surface area contributed by atoms with Gasteiger partial charge >= 0.3 is 6.03 Å². The summed E-state index contributed by atoms with van der Waals surface area (Å²) in [6, 6.07) is -0.287. The lowest BCUT2D eigenvalue weighted by Gasteiger charge is -2.24. The molecule has 0 fully saturated rings. The number of likely N-dealkylation sites (N-methyl/N-ethyl adjacent to an activating group) is 2. The van der Waals surface area contributed by atoms with Crippen LogP contribution in [-0.2, 0) is 0 Å². The monoisotopic (exact) mass is 268 g/mol. The van der Waals surface area contributed by atoms with Crippen molar-refractivity contribution in [2.75, 3.05) is 33.7 Å². The third-order valence-corrected chi connectivity index (χ3v) is 2.83. The highest BCUT2D eigenvalue weighted by Gasteiger charge is 2.17. The number of hydrogen-bond acceptors (Lipinski definition) is 4. The molecule has 7 nitrogen and oxygen atoms in total. The summed E-state index contributed by atoms with van der Waals surface area (Å²) in [5.41, 5.74) is 0. The second-order valence-corrected chi connectivity index (χ2v) is 4.83. The molecule has 0 radical (unpaired) electrons. The summed E-state index contributed by atoms with van der Waals surface area (Å²) in [5, 5.41) is 9.73. The van der Waals surface area contributed by atoms with Crippen LogP contribution < -0.4 is 5.32 Å². The van der Waals surface area contributed by atoms with E-state index in [1.807, 2.05) is 34.9 Å². The maximum absolute atomic E-state index is 12.1. The Morgan fingerprint density at radius 1 is 1.42 bits per heavy atom. The standard InChI is InChI=1S/C12H24N6O/c1-6-18(8-7-17(4)5)12(19)13-9(2)11-14-10(3)15-16-11/h9H,6-8H2,1-5H3,(H,13,19)(H,14,15,16)/t9-/m1/s1. The van der Waals surface area contributed by atoms with E-state index in [4.69, 9.17) is 0 Å². The Morgan fingerprint density at radius 2 is 2.11 bits per heavy atom. The molecule has 0 unspecified atom stereocenters. The topological polar surface area (TPSA) is 77.1 Å². The van der Waals surface area contributed by atoms with Gasteiger partial charge in [0, 0.05) is 19.6 Å². The molecule has 1 rings (SSSR count). The van der Waals surface area contributed by atoms with E-state index in [0.717, 1.165) is 12.4 Å².